The van der Waals surface area contributed by atoms with E-state index < -0.39 is 6.04 Å². The third kappa shape index (κ3) is 2.59. The number of thiazole rings is 1. The van der Waals surface area contributed by atoms with Gasteiger partial charge in [-0.3, -0.25) is 14.6 Å². The summed E-state index contributed by atoms with van der Waals surface area (Å²) in [6, 6.07) is 5.20. The van der Waals surface area contributed by atoms with Gasteiger partial charge in [-0.15, -0.1) is 23.1 Å². The number of hydrogen-bond acceptors (Lipinski definition) is 6. The first-order valence-electron chi connectivity index (χ1n) is 7.71. The van der Waals surface area contributed by atoms with Gasteiger partial charge >= 0.3 is 0 Å². The van der Waals surface area contributed by atoms with E-state index in [4.69, 9.17) is 0 Å². The van der Waals surface area contributed by atoms with E-state index in [1.54, 1.807) is 22.9 Å². The standard InChI is InChI=1S/C16H16N4O2S2/c1-16-6-5-13(21)20(16)12(9-24-16)14(22)19-15-18-11(8-23-15)10-4-2-3-7-17-10/h2-4,7-8,12H,5-6,9H2,1H3,(H,18,19,22). The summed E-state index contributed by atoms with van der Waals surface area (Å²) in [5.74, 6) is 0.534. The Bertz CT molecular complexity index is 794. The highest BCUT2D eigenvalue weighted by Crippen LogP contribution is 2.47. The van der Waals surface area contributed by atoms with Gasteiger partial charge in [0.2, 0.25) is 11.8 Å². The summed E-state index contributed by atoms with van der Waals surface area (Å²) in [5, 5.41) is 5.26. The molecule has 2 saturated heterocycles. The zero-order valence-electron chi connectivity index (χ0n) is 13.1. The van der Waals surface area contributed by atoms with Crippen LogP contribution in [0.4, 0.5) is 5.13 Å². The molecule has 2 fully saturated rings. The van der Waals surface area contributed by atoms with Crippen molar-refractivity contribution in [2.45, 2.75) is 30.7 Å². The molecule has 2 amide bonds. The van der Waals surface area contributed by atoms with Crippen molar-refractivity contribution in [3.63, 3.8) is 0 Å². The number of carbonyl (C=O) groups excluding carboxylic acids is 2. The van der Waals surface area contributed by atoms with Gasteiger partial charge in [-0.1, -0.05) is 6.07 Å². The highest BCUT2D eigenvalue weighted by Gasteiger charge is 2.52. The summed E-state index contributed by atoms with van der Waals surface area (Å²) < 4.78 is 0. The minimum absolute atomic E-state index is 0.0657. The molecule has 0 spiro atoms. The van der Waals surface area contributed by atoms with Crippen LogP contribution in [-0.4, -0.2) is 43.3 Å². The molecule has 8 heteroatoms. The summed E-state index contributed by atoms with van der Waals surface area (Å²) in [6.07, 6.45) is 3.04. The van der Waals surface area contributed by atoms with Crippen LogP contribution in [0.2, 0.25) is 0 Å². The first-order valence-corrected chi connectivity index (χ1v) is 9.57. The van der Waals surface area contributed by atoms with Crippen molar-refractivity contribution in [2.24, 2.45) is 0 Å². The number of fused-ring (bicyclic) bond motifs is 1. The van der Waals surface area contributed by atoms with Crippen LogP contribution in [0.3, 0.4) is 0 Å². The number of rotatable bonds is 3. The van der Waals surface area contributed by atoms with Gasteiger partial charge in [-0.05, 0) is 25.5 Å². The summed E-state index contributed by atoms with van der Waals surface area (Å²) >= 11 is 3.05. The lowest BCUT2D eigenvalue weighted by Crippen LogP contribution is -2.48. The maximum atomic E-state index is 12.6. The number of nitrogens with zero attached hydrogens (tertiary/aromatic N) is 3. The van der Waals surface area contributed by atoms with E-state index >= 15 is 0 Å². The van der Waals surface area contributed by atoms with E-state index in [1.165, 1.54) is 11.3 Å². The van der Waals surface area contributed by atoms with Crippen molar-refractivity contribution >= 4 is 40.0 Å². The molecule has 124 valence electrons. The zero-order valence-corrected chi connectivity index (χ0v) is 14.7. The van der Waals surface area contributed by atoms with Crippen molar-refractivity contribution in [1.29, 1.82) is 0 Å². The lowest BCUT2D eigenvalue weighted by molar-refractivity contribution is -0.135. The predicted octanol–water partition coefficient (Wildman–Crippen LogP) is 2.60. The van der Waals surface area contributed by atoms with E-state index in [9.17, 15) is 9.59 Å². The van der Waals surface area contributed by atoms with Gasteiger partial charge < -0.3 is 10.2 Å². The molecule has 1 N–H and O–H groups in total. The second kappa shape index (κ2) is 5.86. The Morgan fingerprint density at radius 2 is 2.29 bits per heavy atom. The smallest absolute Gasteiger partial charge is 0.249 e. The van der Waals surface area contributed by atoms with Crippen LogP contribution in [0.1, 0.15) is 19.8 Å². The molecule has 0 bridgehead atoms. The van der Waals surface area contributed by atoms with Crippen LogP contribution in [0.5, 0.6) is 0 Å². The Kier molecular flexibility index (Phi) is 3.80. The maximum absolute atomic E-state index is 12.6. The predicted molar refractivity (Wildman–Crippen MR) is 94.7 cm³/mol. The van der Waals surface area contributed by atoms with Crippen molar-refractivity contribution < 1.29 is 9.59 Å². The van der Waals surface area contributed by atoms with Crippen LogP contribution in [0, 0.1) is 0 Å². The number of thioether (sulfide) groups is 1. The average Bonchev–Trinajstić information content (AvgIpc) is 3.25. The van der Waals surface area contributed by atoms with Gasteiger partial charge in [0.05, 0.1) is 10.6 Å². The lowest BCUT2D eigenvalue weighted by Gasteiger charge is -2.29. The van der Waals surface area contributed by atoms with Gasteiger partial charge in [0.25, 0.3) is 0 Å². The average molecular weight is 360 g/mol. The Morgan fingerprint density at radius 3 is 3.08 bits per heavy atom. The number of amides is 2. The van der Waals surface area contributed by atoms with E-state index in [-0.39, 0.29) is 16.7 Å². The molecule has 2 aromatic rings. The van der Waals surface area contributed by atoms with Crippen LogP contribution in [-0.2, 0) is 9.59 Å². The molecule has 0 saturated carbocycles. The number of carbonyl (C=O) groups is 2. The third-order valence-electron chi connectivity index (χ3n) is 4.41. The zero-order chi connectivity index (χ0) is 16.7. The summed E-state index contributed by atoms with van der Waals surface area (Å²) in [6.45, 7) is 2.04. The van der Waals surface area contributed by atoms with E-state index in [2.05, 4.69) is 15.3 Å². The van der Waals surface area contributed by atoms with E-state index in [0.29, 0.717) is 17.3 Å². The monoisotopic (exact) mass is 360 g/mol. The molecule has 0 aliphatic carbocycles. The maximum Gasteiger partial charge on any atom is 0.249 e. The Hall–Kier alpha value is -1.93. The summed E-state index contributed by atoms with van der Waals surface area (Å²) in [7, 11) is 0. The molecule has 0 radical (unpaired) electrons. The first-order chi connectivity index (χ1) is 11.6. The Balaban J connectivity index is 1.49. The van der Waals surface area contributed by atoms with E-state index in [1.807, 2.05) is 30.5 Å². The number of nitrogens with one attached hydrogen (secondary N) is 1. The second-order valence-electron chi connectivity index (χ2n) is 6.01. The highest BCUT2D eigenvalue weighted by molar-refractivity contribution is 8.01. The minimum atomic E-state index is -0.419. The van der Waals surface area contributed by atoms with Crippen molar-refractivity contribution in [2.75, 3.05) is 11.1 Å². The van der Waals surface area contributed by atoms with Crippen molar-refractivity contribution in [1.82, 2.24) is 14.9 Å². The molecule has 4 heterocycles. The van der Waals surface area contributed by atoms with Gasteiger partial charge in [0.1, 0.15) is 11.7 Å². The number of anilines is 1. The fourth-order valence-corrected chi connectivity index (χ4v) is 5.31. The molecule has 4 rings (SSSR count). The Labute approximate surface area is 147 Å². The van der Waals surface area contributed by atoms with Gasteiger partial charge in [-0.2, -0.15) is 0 Å². The quantitative estimate of drug-likeness (QED) is 0.911. The topological polar surface area (TPSA) is 75.2 Å². The molecule has 24 heavy (non-hydrogen) atoms. The minimum Gasteiger partial charge on any atom is -0.315 e. The Morgan fingerprint density at radius 1 is 1.42 bits per heavy atom. The SMILES string of the molecule is CC12CCC(=O)N1C(C(=O)Nc1nc(-c3ccccn3)cs1)CS2. The van der Waals surface area contributed by atoms with Crippen LogP contribution in [0.25, 0.3) is 11.4 Å². The normalized spacial score (nSPS) is 25.8. The molecule has 2 unspecified atom stereocenters. The molecule has 2 atom stereocenters. The first kappa shape index (κ1) is 15.6. The number of aromatic nitrogens is 2. The molecule has 2 aliphatic rings. The van der Waals surface area contributed by atoms with Crippen molar-refractivity contribution in [3.8, 4) is 11.4 Å². The van der Waals surface area contributed by atoms with Gasteiger partial charge in [0.15, 0.2) is 5.13 Å². The van der Waals surface area contributed by atoms with Crippen LogP contribution < -0.4 is 5.32 Å². The second-order valence-corrected chi connectivity index (χ2v) is 8.37. The fraction of sp³-hybridized carbons (Fsp3) is 0.375. The summed E-state index contributed by atoms with van der Waals surface area (Å²) in [5.41, 5.74) is 1.51. The molecule has 2 aromatic heterocycles. The number of hydrogen-bond donors (Lipinski definition) is 1. The summed E-state index contributed by atoms with van der Waals surface area (Å²) in [4.78, 5) is 35.0. The highest BCUT2D eigenvalue weighted by atomic mass is 32.2. The molecule has 2 aliphatic heterocycles. The van der Waals surface area contributed by atoms with Crippen LogP contribution in [0.15, 0.2) is 29.8 Å². The van der Waals surface area contributed by atoms with Crippen molar-refractivity contribution in [3.05, 3.63) is 29.8 Å². The molecular weight excluding hydrogens is 344 g/mol. The van der Waals surface area contributed by atoms with Crippen LogP contribution >= 0.6 is 23.1 Å². The fourth-order valence-electron chi connectivity index (χ4n) is 3.17. The van der Waals surface area contributed by atoms with E-state index in [0.717, 1.165) is 17.8 Å². The molecule has 0 aromatic carbocycles. The lowest BCUT2D eigenvalue weighted by atomic mass is 10.2. The molecule has 6 nitrogen and oxygen atoms in total. The van der Waals surface area contributed by atoms with Gasteiger partial charge in [-0.25, -0.2) is 4.98 Å². The largest absolute Gasteiger partial charge is 0.315 e. The number of pyridine rings is 1. The third-order valence-corrected chi connectivity index (χ3v) is 6.67. The molecular formula is C16H16N4O2S2. The van der Waals surface area contributed by atoms with Gasteiger partial charge in [0, 0.05) is 23.8 Å².